The van der Waals surface area contributed by atoms with Gasteiger partial charge in [0.25, 0.3) is 0 Å². The molecule has 0 aliphatic rings. The molecule has 9 heteroatoms. The van der Waals surface area contributed by atoms with Crippen LogP contribution in [-0.2, 0) is 12.7 Å². The highest BCUT2D eigenvalue weighted by molar-refractivity contribution is 7.80. The summed E-state index contributed by atoms with van der Waals surface area (Å²) >= 11 is 4.81. The molecule has 110 valence electrons. The summed E-state index contributed by atoms with van der Waals surface area (Å²) < 4.78 is 38.1. The molecule has 0 spiro atoms. The molecule has 0 fully saturated rings. The molecule has 0 unspecified atom stereocenters. The van der Waals surface area contributed by atoms with E-state index in [0.29, 0.717) is 5.69 Å². The molecule has 2 rings (SSSR count). The predicted molar refractivity (Wildman–Crippen MR) is 74.5 cm³/mol. The van der Waals surface area contributed by atoms with Crippen LogP contribution in [0.25, 0.3) is 0 Å². The molecule has 0 bridgehead atoms. The van der Waals surface area contributed by atoms with Crippen molar-refractivity contribution in [2.24, 2.45) is 5.73 Å². The molecule has 21 heavy (non-hydrogen) atoms. The smallest absolute Gasteiger partial charge is 0.389 e. The normalized spacial score (nSPS) is 11.2. The van der Waals surface area contributed by atoms with E-state index in [-0.39, 0.29) is 22.9 Å². The molecule has 0 aliphatic heterocycles. The van der Waals surface area contributed by atoms with E-state index in [1.165, 1.54) is 12.3 Å². The van der Waals surface area contributed by atoms with Crippen LogP contribution in [0.1, 0.15) is 17.0 Å². The van der Waals surface area contributed by atoms with E-state index in [4.69, 9.17) is 18.0 Å². The van der Waals surface area contributed by atoms with E-state index in [2.05, 4.69) is 20.5 Å². The summed E-state index contributed by atoms with van der Waals surface area (Å²) in [5.41, 5.74) is 5.25. The Morgan fingerprint density at radius 2 is 2.05 bits per heavy atom. The van der Waals surface area contributed by atoms with E-state index < -0.39 is 11.9 Å². The highest BCUT2D eigenvalue weighted by Crippen LogP contribution is 2.29. The second-order valence-electron chi connectivity index (χ2n) is 4.02. The first-order valence-electron chi connectivity index (χ1n) is 5.76. The molecule has 2 aromatic rings. The van der Waals surface area contributed by atoms with Crippen molar-refractivity contribution >= 4 is 23.0 Å². The fourth-order valence-corrected chi connectivity index (χ4v) is 1.72. The number of rotatable bonds is 4. The van der Waals surface area contributed by atoms with Crippen LogP contribution < -0.4 is 11.1 Å². The third kappa shape index (κ3) is 3.85. The monoisotopic (exact) mass is 313 g/mol. The van der Waals surface area contributed by atoms with Crippen LogP contribution >= 0.6 is 12.2 Å². The summed E-state index contributed by atoms with van der Waals surface area (Å²) in [4.78, 5) is 3.48. The number of anilines is 1. The van der Waals surface area contributed by atoms with Crippen molar-refractivity contribution in [3.05, 3.63) is 47.4 Å². The average Bonchev–Trinajstić information content (AvgIpc) is 2.45. The van der Waals surface area contributed by atoms with Crippen molar-refractivity contribution in [3.8, 4) is 0 Å². The van der Waals surface area contributed by atoms with Gasteiger partial charge in [-0.3, -0.25) is 0 Å². The van der Waals surface area contributed by atoms with Gasteiger partial charge in [-0.1, -0.05) is 12.2 Å². The van der Waals surface area contributed by atoms with Crippen molar-refractivity contribution in [2.45, 2.75) is 12.7 Å². The Labute approximate surface area is 123 Å². The molecule has 0 saturated heterocycles. The second kappa shape index (κ2) is 6.00. The van der Waals surface area contributed by atoms with E-state index in [0.717, 1.165) is 6.07 Å². The highest BCUT2D eigenvalue weighted by atomic mass is 32.1. The highest BCUT2D eigenvalue weighted by Gasteiger charge is 2.33. The van der Waals surface area contributed by atoms with E-state index >= 15 is 0 Å². The zero-order chi connectivity index (χ0) is 15.5. The summed E-state index contributed by atoms with van der Waals surface area (Å²) in [7, 11) is 0. The van der Waals surface area contributed by atoms with Crippen LogP contribution in [0.2, 0.25) is 0 Å². The molecule has 5 nitrogen and oxygen atoms in total. The van der Waals surface area contributed by atoms with Gasteiger partial charge >= 0.3 is 6.18 Å². The van der Waals surface area contributed by atoms with Crippen LogP contribution in [0.3, 0.4) is 0 Å². The second-order valence-corrected chi connectivity index (χ2v) is 4.46. The Balaban J connectivity index is 2.29. The van der Waals surface area contributed by atoms with Crippen LogP contribution in [0.4, 0.5) is 19.0 Å². The maximum absolute atomic E-state index is 12.7. The first-order valence-corrected chi connectivity index (χ1v) is 6.17. The Morgan fingerprint density at radius 3 is 2.62 bits per heavy atom. The van der Waals surface area contributed by atoms with E-state index in [1.807, 2.05) is 0 Å². The Kier molecular flexibility index (Phi) is 4.32. The predicted octanol–water partition coefficient (Wildman–Crippen LogP) is 2.14. The molecule has 0 radical (unpaired) electrons. The lowest BCUT2D eigenvalue weighted by atomic mass is 10.2. The minimum atomic E-state index is -4.54. The number of alkyl halides is 3. The fourth-order valence-electron chi connectivity index (χ4n) is 1.55. The number of nitrogens with two attached hydrogens (primary N) is 1. The Bertz CT molecular complexity index is 645. The maximum Gasteiger partial charge on any atom is 0.433 e. The number of nitrogens with one attached hydrogen (secondary N) is 1. The van der Waals surface area contributed by atoms with Gasteiger partial charge in [0.1, 0.15) is 16.5 Å². The standard InChI is InChI=1S/C12H10F3N5S/c13-12(14,15)9-4-3-8(10(16)21)11(19-9)17-6-7-2-1-5-18-20-7/h1-5H,6H2,(H2,16,21)(H,17,19). The summed E-state index contributed by atoms with van der Waals surface area (Å²) in [6.07, 6.45) is -3.05. The lowest BCUT2D eigenvalue weighted by Gasteiger charge is -2.13. The van der Waals surface area contributed by atoms with E-state index in [1.54, 1.807) is 12.1 Å². The lowest BCUT2D eigenvalue weighted by molar-refractivity contribution is -0.141. The minimum Gasteiger partial charge on any atom is -0.389 e. The third-order valence-corrected chi connectivity index (χ3v) is 2.74. The van der Waals surface area contributed by atoms with Gasteiger partial charge in [-0.15, -0.1) is 0 Å². The molecular weight excluding hydrogens is 303 g/mol. The summed E-state index contributed by atoms with van der Waals surface area (Å²) in [6, 6.07) is 5.37. The van der Waals surface area contributed by atoms with E-state index in [9.17, 15) is 13.2 Å². The summed E-state index contributed by atoms with van der Waals surface area (Å²) in [5.74, 6) is -0.0389. The van der Waals surface area contributed by atoms with Gasteiger partial charge in [0.05, 0.1) is 17.8 Å². The van der Waals surface area contributed by atoms with Gasteiger partial charge < -0.3 is 11.1 Å². The Hall–Kier alpha value is -2.29. The minimum absolute atomic E-state index is 0.0389. The van der Waals surface area contributed by atoms with Crippen molar-refractivity contribution in [3.63, 3.8) is 0 Å². The first kappa shape index (κ1) is 15.1. The van der Waals surface area contributed by atoms with Gasteiger partial charge in [0.2, 0.25) is 0 Å². The van der Waals surface area contributed by atoms with Crippen LogP contribution in [0, 0.1) is 0 Å². The Morgan fingerprint density at radius 1 is 1.29 bits per heavy atom. The molecule has 0 aromatic carbocycles. The van der Waals surface area contributed by atoms with Crippen molar-refractivity contribution in [1.82, 2.24) is 15.2 Å². The summed E-state index contributed by atoms with van der Waals surface area (Å²) in [6.45, 7) is 0.151. The molecule has 0 saturated carbocycles. The number of pyridine rings is 1. The van der Waals surface area contributed by atoms with Gasteiger partial charge in [0, 0.05) is 6.20 Å². The van der Waals surface area contributed by atoms with Crippen molar-refractivity contribution < 1.29 is 13.2 Å². The number of thiocarbonyl (C=S) groups is 1. The van der Waals surface area contributed by atoms with Crippen LogP contribution in [-0.4, -0.2) is 20.2 Å². The average molecular weight is 313 g/mol. The van der Waals surface area contributed by atoms with Crippen LogP contribution in [0.5, 0.6) is 0 Å². The van der Waals surface area contributed by atoms with Crippen LogP contribution in [0.15, 0.2) is 30.5 Å². The summed E-state index contributed by atoms with van der Waals surface area (Å²) in [5, 5.41) is 10.2. The van der Waals surface area contributed by atoms with Gasteiger partial charge in [0.15, 0.2) is 0 Å². The molecular formula is C12H10F3N5S. The zero-order valence-corrected chi connectivity index (χ0v) is 11.4. The quantitative estimate of drug-likeness (QED) is 0.842. The number of halogens is 3. The largest absolute Gasteiger partial charge is 0.433 e. The van der Waals surface area contributed by atoms with Gasteiger partial charge in [-0.2, -0.15) is 23.4 Å². The first-order chi connectivity index (χ1) is 9.88. The molecule has 0 atom stereocenters. The third-order valence-electron chi connectivity index (χ3n) is 2.52. The molecule has 0 aliphatic carbocycles. The topological polar surface area (TPSA) is 76.7 Å². The number of hydrogen-bond donors (Lipinski definition) is 2. The molecule has 3 N–H and O–H groups in total. The maximum atomic E-state index is 12.7. The van der Waals surface area contributed by atoms with Crippen molar-refractivity contribution in [2.75, 3.05) is 5.32 Å². The van der Waals surface area contributed by atoms with Crippen molar-refractivity contribution in [1.29, 1.82) is 0 Å². The number of hydrogen-bond acceptors (Lipinski definition) is 5. The zero-order valence-electron chi connectivity index (χ0n) is 10.6. The molecule has 0 amide bonds. The van der Waals surface area contributed by atoms with Gasteiger partial charge in [-0.05, 0) is 24.3 Å². The lowest BCUT2D eigenvalue weighted by Crippen LogP contribution is -2.17. The fraction of sp³-hybridized carbons (Fsp3) is 0.167. The SMILES string of the molecule is NC(=S)c1ccc(C(F)(F)F)nc1NCc1cccnn1. The molecule has 2 aromatic heterocycles. The van der Waals surface area contributed by atoms with Gasteiger partial charge in [-0.25, -0.2) is 4.98 Å². The number of nitrogens with zero attached hydrogens (tertiary/aromatic N) is 3. The number of aromatic nitrogens is 3. The molecule has 2 heterocycles.